The molecule has 101 heavy (non-hydrogen) atoms. The summed E-state index contributed by atoms with van der Waals surface area (Å²) in [4.78, 5) is 49.1. The molecular formula is C77H77F4N11O9. The molecule has 6 aliphatic rings. The van der Waals surface area contributed by atoms with Crippen LogP contribution >= 0.6 is 0 Å². The Morgan fingerprint density at radius 2 is 1.20 bits per heavy atom. The highest BCUT2D eigenvalue weighted by Crippen LogP contribution is 2.52. The number of methoxy groups -OCH3 is 1. The van der Waals surface area contributed by atoms with Crippen molar-refractivity contribution in [2.45, 2.75) is 108 Å². The Morgan fingerprint density at radius 1 is 0.594 bits per heavy atom. The molecule has 3 amide bonds. The predicted octanol–water partition coefficient (Wildman–Crippen LogP) is 13.9. The molecular weight excluding hydrogens is 1300 g/mol. The van der Waals surface area contributed by atoms with Gasteiger partial charge < -0.3 is 47.7 Å². The highest BCUT2D eigenvalue weighted by Gasteiger charge is 2.49. The molecule has 0 unspecified atom stereocenters. The molecule has 10 aromatic rings. The van der Waals surface area contributed by atoms with Crippen LogP contribution in [-0.2, 0) is 37.1 Å². The van der Waals surface area contributed by atoms with E-state index in [4.69, 9.17) is 28.4 Å². The fraction of sp³-hybridized carbons (Fsp3) is 0.338. The van der Waals surface area contributed by atoms with Gasteiger partial charge in [-0.2, -0.15) is 23.4 Å². The zero-order chi connectivity index (χ0) is 70.7. The molecule has 0 bridgehead atoms. The number of para-hydroxylation sites is 4. The first kappa shape index (κ1) is 67.3. The Bertz CT molecular complexity index is 4780. The average Bonchev–Trinajstić information content (AvgIpc) is 1.70. The number of ether oxygens (including phenoxy) is 6. The second-order valence-electron chi connectivity index (χ2n) is 26.8. The van der Waals surface area contributed by atoms with Crippen LogP contribution in [0, 0.1) is 12.7 Å². The van der Waals surface area contributed by atoms with Gasteiger partial charge in [-0.05, 0) is 132 Å². The topological polar surface area (TPSA) is 188 Å². The summed E-state index contributed by atoms with van der Waals surface area (Å²) in [5, 5.41) is 13.4. The summed E-state index contributed by atoms with van der Waals surface area (Å²) in [7, 11) is 5.40. The molecule has 4 aromatic heterocycles. The van der Waals surface area contributed by atoms with Crippen molar-refractivity contribution in [2.75, 3.05) is 46.4 Å². The Balaban J connectivity index is 0.000000129. The van der Waals surface area contributed by atoms with Crippen LogP contribution in [0.4, 0.5) is 17.6 Å². The van der Waals surface area contributed by atoms with Gasteiger partial charge in [-0.25, -0.2) is 14.1 Å². The molecule has 0 N–H and O–H groups in total. The van der Waals surface area contributed by atoms with Crippen LogP contribution in [-0.4, -0.2) is 130 Å². The van der Waals surface area contributed by atoms with Crippen LogP contribution in [0.1, 0.15) is 126 Å². The SMILES string of the molecule is CC(C)Oc1ccc(C(=O)N2CCC3(CC2)Oc2ccccc2-c2nn(C)cc23)c(F)c1.COc1cc(C(=O)N2CCC3(CC2)Oc2ccccc2-n2cccc23)ccc1OC(C)C.Cc1nc(C(=O)N2CCC3(CC2)Oc2ccccc2-c2c3cnn2C)nn1-c1cccc(C(F)(F)F)c1. The van der Waals surface area contributed by atoms with E-state index in [0.717, 1.165) is 87.2 Å². The lowest BCUT2D eigenvalue weighted by Crippen LogP contribution is -2.50. The summed E-state index contributed by atoms with van der Waals surface area (Å²) in [5.41, 5.74) is 6.69. The lowest BCUT2D eigenvalue weighted by Gasteiger charge is -2.45. The minimum absolute atomic E-state index is 0.000777. The number of carbonyl (C=O) groups excluding carboxylic acids is 3. The van der Waals surface area contributed by atoms with Crippen LogP contribution in [0.15, 0.2) is 164 Å². The van der Waals surface area contributed by atoms with Gasteiger partial charge >= 0.3 is 6.18 Å². The number of rotatable bonds is 9. The number of nitrogens with zero attached hydrogens (tertiary/aromatic N) is 11. The fourth-order valence-corrected chi connectivity index (χ4v) is 14.6. The molecule has 0 aliphatic carbocycles. The highest BCUT2D eigenvalue weighted by atomic mass is 19.4. The third-order valence-corrected chi connectivity index (χ3v) is 19.6. The second kappa shape index (κ2) is 26.6. The van der Waals surface area contributed by atoms with Crippen molar-refractivity contribution in [1.29, 1.82) is 0 Å². The van der Waals surface area contributed by atoms with Crippen LogP contribution in [0.5, 0.6) is 34.5 Å². The van der Waals surface area contributed by atoms with Gasteiger partial charge in [0.25, 0.3) is 17.7 Å². The molecule has 522 valence electrons. The van der Waals surface area contributed by atoms with E-state index in [0.29, 0.717) is 93.6 Å². The predicted molar refractivity (Wildman–Crippen MR) is 367 cm³/mol. The average molecular weight is 1380 g/mol. The first-order chi connectivity index (χ1) is 48.5. The van der Waals surface area contributed by atoms with Gasteiger partial charge in [0.15, 0.2) is 17.1 Å². The van der Waals surface area contributed by atoms with E-state index in [2.05, 4.69) is 49.2 Å². The second-order valence-corrected chi connectivity index (χ2v) is 26.8. The summed E-state index contributed by atoms with van der Waals surface area (Å²) < 4.78 is 97.7. The number of hydrogen-bond donors (Lipinski definition) is 0. The van der Waals surface area contributed by atoms with Gasteiger partial charge in [0.2, 0.25) is 5.82 Å². The Labute approximate surface area is 581 Å². The van der Waals surface area contributed by atoms with Crippen LogP contribution in [0.3, 0.4) is 0 Å². The smallest absolute Gasteiger partial charge is 0.416 e. The summed E-state index contributed by atoms with van der Waals surface area (Å²) in [6, 6.07) is 42.7. The molecule has 10 heterocycles. The first-order valence-corrected chi connectivity index (χ1v) is 33.9. The Kier molecular flexibility index (Phi) is 17.7. The zero-order valence-electron chi connectivity index (χ0n) is 57.3. The summed E-state index contributed by atoms with van der Waals surface area (Å²) >= 11 is 0. The third kappa shape index (κ3) is 12.8. The molecule has 0 saturated carbocycles. The Morgan fingerprint density at radius 3 is 1.86 bits per heavy atom. The highest BCUT2D eigenvalue weighted by molar-refractivity contribution is 5.96. The molecule has 6 aliphatic heterocycles. The van der Waals surface area contributed by atoms with Gasteiger partial charge in [0.05, 0.1) is 59.4 Å². The minimum atomic E-state index is -4.48. The lowest BCUT2D eigenvalue weighted by atomic mass is 9.81. The largest absolute Gasteiger partial charge is 0.493 e. The van der Waals surface area contributed by atoms with E-state index in [9.17, 15) is 31.9 Å². The minimum Gasteiger partial charge on any atom is -0.493 e. The van der Waals surface area contributed by atoms with Crippen molar-refractivity contribution < 1.29 is 60.4 Å². The molecule has 0 atom stereocenters. The maximum Gasteiger partial charge on any atom is 0.416 e. The van der Waals surface area contributed by atoms with E-state index in [1.807, 2.05) is 147 Å². The quantitative estimate of drug-likeness (QED) is 0.124. The van der Waals surface area contributed by atoms with E-state index < -0.39 is 34.4 Å². The number of hydrogen-bond acceptors (Lipinski definition) is 13. The maximum atomic E-state index is 14.7. The number of benzene rings is 6. The lowest BCUT2D eigenvalue weighted by molar-refractivity contribution is -0.137. The number of likely N-dealkylation sites (tertiary alicyclic amines) is 3. The molecule has 16 rings (SSSR count). The number of aryl methyl sites for hydroxylation is 3. The van der Waals surface area contributed by atoms with Gasteiger partial charge in [0.1, 0.15) is 51.5 Å². The van der Waals surface area contributed by atoms with Crippen molar-refractivity contribution in [3.05, 3.63) is 215 Å². The normalized spacial score (nSPS) is 16.4. The molecule has 3 spiro atoms. The van der Waals surface area contributed by atoms with Gasteiger partial charge in [-0.15, -0.1) is 5.10 Å². The van der Waals surface area contributed by atoms with Gasteiger partial charge in [-0.1, -0.05) is 42.5 Å². The van der Waals surface area contributed by atoms with Crippen LogP contribution in [0.2, 0.25) is 0 Å². The number of alkyl halides is 3. The molecule has 20 nitrogen and oxygen atoms in total. The Hall–Kier alpha value is -10.9. The van der Waals surface area contributed by atoms with Crippen molar-refractivity contribution in [3.8, 4) is 68.4 Å². The van der Waals surface area contributed by atoms with Crippen molar-refractivity contribution in [3.63, 3.8) is 0 Å². The van der Waals surface area contributed by atoms with Crippen molar-refractivity contribution in [1.82, 2.24) is 53.6 Å². The van der Waals surface area contributed by atoms with E-state index in [-0.39, 0.29) is 47.0 Å². The number of amides is 3. The third-order valence-electron chi connectivity index (χ3n) is 19.6. The van der Waals surface area contributed by atoms with E-state index in [1.165, 1.54) is 28.9 Å². The molecule has 3 fully saturated rings. The van der Waals surface area contributed by atoms with Crippen molar-refractivity contribution in [2.24, 2.45) is 14.1 Å². The number of halogens is 4. The number of fused-ring (bicyclic) bond motifs is 12. The van der Waals surface area contributed by atoms with Gasteiger partial charge in [-0.3, -0.25) is 23.7 Å². The maximum absolute atomic E-state index is 14.7. The molecule has 6 aromatic carbocycles. The number of piperidine rings is 3. The first-order valence-electron chi connectivity index (χ1n) is 33.9. The molecule has 3 saturated heterocycles. The van der Waals surface area contributed by atoms with E-state index >= 15 is 0 Å². The molecule has 24 heteroatoms. The van der Waals surface area contributed by atoms with E-state index in [1.54, 1.807) is 36.0 Å². The number of aromatic nitrogens is 8. The monoisotopic (exact) mass is 1380 g/mol. The number of carbonyl (C=O) groups is 3. The van der Waals surface area contributed by atoms with Crippen molar-refractivity contribution >= 4 is 17.7 Å². The molecule has 0 radical (unpaired) electrons. The fourth-order valence-electron chi connectivity index (χ4n) is 14.6. The summed E-state index contributed by atoms with van der Waals surface area (Å²) in [5.74, 6) is 3.15. The zero-order valence-corrected chi connectivity index (χ0v) is 57.3. The summed E-state index contributed by atoms with van der Waals surface area (Å²) in [6.45, 7) is 12.3. The van der Waals surface area contributed by atoms with Crippen LogP contribution in [0.25, 0.3) is 33.9 Å². The summed E-state index contributed by atoms with van der Waals surface area (Å²) in [6.07, 6.45) is 5.23. The van der Waals surface area contributed by atoms with Crippen LogP contribution < -0.4 is 28.4 Å². The van der Waals surface area contributed by atoms with Gasteiger partial charge in [0, 0.05) is 138 Å². The standard InChI is InChI=1S/C26H23F3N6O2.C26H28N2O4.C25H26FN3O3/c1-16-31-23(32-35(16)18-7-5-6-17(14-18)26(27,28)29)24(36)34-12-10-25(11-13-34)20-15-30-33(2)22(20)19-8-3-4-9-21(19)37-25;1-18(2)31-22-11-10-19(17-23(22)30-3)25(29)27-15-12-26(13-16-27)24-9-6-14-28(24)20-7-4-5-8-21(20)32-26;1-16(2)31-17-8-9-18(21(26)14-17)24(30)29-12-10-25(11-13-29)20-15-28(3)27-23(20)19-6-4-5-7-22(19)32-25/h3-9,14-15H,10-13H2,1-2H3;4-11,14,17-18H,12-13,15-16H2,1-3H3;4-9,14-16H,10-13H2,1-3H3.